The maximum atomic E-state index is 10.7. The highest BCUT2D eigenvalue weighted by Crippen LogP contribution is 2.27. The molecule has 4 heteroatoms. The number of non-ortho nitro benzene ring substituents is 1. The van der Waals surface area contributed by atoms with Gasteiger partial charge < -0.3 is 0 Å². The molecule has 0 spiro atoms. The molecule has 0 N–H and O–H groups in total. The van der Waals surface area contributed by atoms with Crippen LogP contribution in [0.25, 0.3) is 11.1 Å². The van der Waals surface area contributed by atoms with Gasteiger partial charge in [0.25, 0.3) is 5.69 Å². The molecule has 0 radical (unpaired) electrons. The first-order valence-corrected chi connectivity index (χ1v) is 5.37. The smallest absolute Gasteiger partial charge is 0.258 e. The predicted molar refractivity (Wildman–Crippen MR) is 68.0 cm³/mol. The first kappa shape index (κ1) is 11.8. The lowest BCUT2D eigenvalue weighted by atomic mass is 9.99. The monoisotopic (exact) mass is 238 g/mol. The van der Waals surface area contributed by atoms with Crippen LogP contribution < -0.4 is 0 Å². The number of hydrogen-bond acceptors (Lipinski definition) is 3. The highest BCUT2D eigenvalue weighted by Gasteiger charge is 2.09. The first-order valence-electron chi connectivity index (χ1n) is 5.37. The summed E-state index contributed by atoms with van der Waals surface area (Å²) in [7, 11) is 0. The summed E-state index contributed by atoms with van der Waals surface area (Å²) in [6.07, 6.45) is 0. The molecule has 2 aromatic rings. The van der Waals surface area contributed by atoms with Crippen LogP contribution in [-0.4, -0.2) is 4.92 Å². The van der Waals surface area contributed by atoms with Gasteiger partial charge in [-0.2, -0.15) is 5.26 Å². The summed E-state index contributed by atoms with van der Waals surface area (Å²) in [6.45, 7) is 1.82. The van der Waals surface area contributed by atoms with Crippen molar-refractivity contribution in [3.05, 3.63) is 63.7 Å². The second-order valence-corrected chi connectivity index (χ2v) is 3.95. The summed E-state index contributed by atoms with van der Waals surface area (Å²) >= 11 is 0. The second kappa shape index (κ2) is 4.68. The molecule has 0 aliphatic carbocycles. The Morgan fingerprint density at radius 1 is 1.22 bits per heavy atom. The van der Waals surface area contributed by atoms with Crippen molar-refractivity contribution >= 4 is 5.69 Å². The lowest BCUT2D eigenvalue weighted by Gasteiger charge is -2.06. The molecule has 0 aliphatic heterocycles. The van der Waals surface area contributed by atoms with Gasteiger partial charge in [0.15, 0.2) is 0 Å². The Morgan fingerprint density at radius 2 is 2.00 bits per heavy atom. The summed E-state index contributed by atoms with van der Waals surface area (Å²) in [4.78, 5) is 10.2. The molecule has 0 amide bonds. The fourth-order valence-corrected chi connectivity index (χ4v) is 1.84. The minimum atomic E-state index is -0.414. The van der Waals surface area contributed by atoms with E-state index in [1.807, 2.05) is 13.0 Å². The lowest BCUT2D eigenvalue weighted by Crippen LogP contribution is -1.90. The van der Waals surface area contributed by atoms with Gasteiger partial charge >= 0.3 is 0 Å². The normalized spacial score (nSPS) is 9.78. The molecule has 0 aromatic heterocycles. The van der Waals surface area contributed by atoms with Gasteiger partial charge in [-0.1, -0.05) is 12.1 Å². The first-order chi connectivity index (χ1) is 8.61. The van der Waals surface area contributed by atoms with Crippen LogP contribution >= 0.6 is 0 Å². The Morgan fingerprint density at radius 3 is 2.61 bits per heavy atom. The van der Waals surface area contributed by atoms with Crippen molar-refractivity contribution in [2.75, 3.05) is 0 Å². The molecule has 18 heavy (non-hydrogen) atoms. The van der Waals surface area contributed by atoms with Crippen LogP contribution in [0.15, 0.2) is 42.5 Å². The third kappa shape index (κ3) is 2.20. The Labute approximate surface area is 104 Å². The second-order valence-electron chi connectivity index (χ2n) is 3.95. The van der Waals surface area contributed by atoms with Crippen LogP contribution in [0.2, 0.25) is 0 Å². The summed E-state index contributed by atoms with van der Waals surface area (Å²) in [6, 6.07) is 14.0. The standard InChI is InChI=1S/C14H10N2O2/c1-10-7-13(16(17)18)5-6-14(10)12-4-2-3-11(8-12)9-15/h2-8H,1H3. The molecule has 0 saturated heterocycles. The molecule has 2 aromatic carbocycles. The quantitative estimate of drug-likeness (QED) is 0.594. The van der Waals surface area contributed by atoms with Crippen LogP contribution in [0.3, 0.4) is 0 Å². The number of hydrogen-bond donors (Lipinski definition) is 0. The van der Waals surface area contributed by atoms with E-state index in [1.165, 1.54) is 12.1 Å². The predicted octanol–water partition coefficient (Wildman–Crippen LogP) is 3.44. The van der Waals surface area contributed by atoms with Crippen molar-refractivity contribution in [3.8, 4) is 17.2 Å². The molecule has 0 bridgehead atoms. The SMILES string of the molecule is Cc1cc([N+](=O)[O-])ccc1-c1cccc(C#N)c1. The minimum Gasteiger partial charge on any atom is -0.258 e. The summed E-state index contributed by atoms with van der Waals surface area (Å²) in [5, 5.41) is 19.5. The summed E-state index contributed by atoms with van der Waals surface area (Å²) < 4.78 is 0. The van der Waals surface area contributed by atoms with Crippen LogP contribution in [0.1, 0.15) is 11.1 Å². The van der Waals surface area contributed by atoms with E-state index in [0.29, 0.717) is 5.56 Å². The van der Waals surface area contributed by atoms with Gasteiger partial charge in [0.2, 0.25) is 0 Å². The van der Waals surface area contributed by atoms with Crippen LogP contribution in [0.5, 0.6) is 0 Å². The Bertz CT molecular complexity index is 657. The molecule has 0 atom stereocenters. The molecular formula is C14H10N2O2. The van der Waals surface area contributed by atoms with Crippen molar-refractivity contribution in [3.63, 3.8) is 0 Å². The third-order valence-corrected chi connectivity index (χ3v) is 2.72. The van der Waals surface area contributed by atoms with Gasteiger partial charge in [-0.15, -0.1) is 0 Å². The minimum absolute atomic E-state index is 0.0766. The molecule has 0 saturated carbocycles. The Balaban J connectivity index is 2.51. The molecule has 2 rings (SSSR count). The summed E-state index contributed by atoms with van der Waals surface area (Å²) in [5.74, 6) is 0. The number of benzene rings is 2. The van der Waals surface area contributed by atoms with Gasteiger partial charge in [0.05, 0.1) is 16.6 Å². The molecule has 0 fully saturated rings. The molecule has 88 valence electrons. The van der Waals surface area contributed by atoms with Crippen molar-refractivity contribution in [1.82, 2.24) is 0 Å². The van der Waals surface area contributed by atoms with Gasteiger partial charge in [-0.05, 0) is 41.8 Å². The van der Waals surface area contributed by atoms with Crippen molar-refractivity contribution in [1.29, 1.82) is 5.26 Å². The molecule has 0 unspecified atom stereocenters. The van der Waals surface area contributed by atoms with Crippen LogP contribution in [0.4, 0.5) is 5.69 Å². The highest BCUT2D eigenvalue weighted by molar-refractivity contribution is 5.70. The van der Waals surface area contributed by atoms with Crippen molar-refractivity contribution in [2.45, 2.75) is 6.92 Å². The average Bonchev–Trinajstić information content (AvgIpc) is 2.38. The number of rotatable bonds is 2. The zero-order chi connectivity index (χ0) is 13.1. The topological polar surface area (TPSA) is 66.9 Å². The molecular weight excluding hydrogens is 228 g/mol. The highest BCUT2D eigenvalue weighted by atomic mass is 16.6. The van der Waals surface area contributed by atoms with E-state index in [0.717, 1.165) is 16.7 Å². The number of nitro benzene ring substituents is 1. The Kier molecular flexibility index (Phi) is 3.07. The number of nitro groups is 1. The van der Waals surface area contributed by atoms with E-state index in [1.54, 1.807) is 24.3 Å². The van der Waals surface area contributed by atoms with Gasteiger partial charge in [0, 0.05) is 12.1 Å². The van der Waals surface area contributed by atoms with Crippen LogP contribution in [0, 0.1) is 28.4 Å². The Hall–Kier alpha value is -2.67. The number of aryl methyl sites for hydroxylation is 1. The average molecular weight is 238 g/mol. The van der Waals surface area contributed by atoms with E-state index < -0.39 is 4.92 Å². The zero-order valence-electron chi connectivity index (χ0n) is 9.75. The van der Waals surface area contributed by atoms with Gasteiger partial charge in [-0.3, -0.25) is 10.1 Å². The lowest BCUT2D eigenvalue weighted by molar-refractivity contribution is -0.384. The van der Waals surface area contributed by atoms with E-state index in [2.05, 4.69) is 6.07 Å². The van der Waals surface area contributed by atoms with Gasteiger partial charge in [-0.25, -0.2) is 0 Å². The fraction of sp³-hybridized carbons (Fsp3) is 0.0714. The maximum absolute atomic E-state index is 10.7. The van der Waals surface area contributed by atoms with E-state index in [4.69, 9.17) is 5.26 Å². The largest absolute Gasteiger partial charge is 0.269 e. The van der Waals surface area contributed by atoms with E-state index >= 15 is 0 Å². The molecule has 4 nitrogen and oxygen atoms in total. The van der Waals surface area contributed by atoms with E-state index in [-0.39, 0.29) is 5.69 Å². The zero-order valence-corrected chi connectivity index (χ0v) is 9.75. The number of nitriles is 1. The van der Waals surface area contributed by atoms with Crippen LogP contribution in [-0.2, 0) is 0 Å². The van der Waals surface area contributed by atoms with E-state index in [9.17, 15) is 10.1 Å². The van der Waals surface area contributed by atoms with Gasteiger partial charge in [0.1, 0.15) is 0 Å². The van der Waals surface area contributed by atoms with Crippen molar-refractivity contribution in [2.24, 2.45) is 0 Å². The molecule has 0 heterocycles. The number of nitrogens with zero attached hydrogens (tertiary/aromatic N) is 2. The summed E-state index contributed by atoms with van der Waals surface area (Å²) in [5.41, 5.74) is 3.26. The van der Waals surface area contributed by atoms with Crippen molar-refractivity contribution < 1.29 is 4.92 Å². The molecule has 0 aliphatic rings. The fourth-order valence-electron chi connectivity index (χ4n) is 1.84. The third-order valence-electron chi connectivity index (χ3n) is 2.72. The maximum Gasteiger partial charge on any atom is 0.269 e.